The third-order valence-corrected chi connectivity index (χ3v) is 8.30. The Kier molecular flexibility index (Phi) is 9.20. The predicted octanol–water partition coefficient (Wildman–Crippen LogP) is 6.84. The first-order chi connectivity index (χ1) is 15.3. The molecule has 2 heterocycles. The molecule has 0 aliphatic carbocycles. The summed E-state index contributed by atoms with van der Waals surface area (Å²) < 4.78 is 11.6. The second kappa shape index (κ2) is 11.7. The van der Waals surface area contributed by atoms with E-state index in [1.165, 1.54) is 40.0 Å². The van der Waals surface area contributed by atoms with Crippen LogP contribution in [-0.2, 0) is 6.42 Å². The topological polar surface area (TPSA) is 42.5 Å². The van der Waals surface area contributed by atoms with Gasteiger partial charge in [-0.25, -0.2) is 0 Å². The molecule has 3 rings (SSSR count). The molecular weight excluding hydrogens is 531 g/mol. The van der Waals surface area contributed by atoms with E-state index in [2.05, 4.69) is 92.6 Å². The fraction of sp³-hybridized carbons (Fsp3) is 0.462. The van der Waals surface area contributed by atoms with Gasteiger partial charge in [0, 0.05) is 22.1 Å². The van der Waals surface area contributed by atoms with E-state index in [1.54, 1.807) is 0 Å². The van der Waals surface area contributed by atoms with Crippen molar-refractivity contribution in [3.63, 3.8) is 0 Å². The van der Waals surface area contributed by atoms with Gasteiger partial charge in [0.2, 0.25) is 6.79 Å². The van der Waals surface area contributed by atoms with Crippen LogP contribution in [0.25, 0.3) is 0 Å². The highest BCUT2D eigenvalue weighted by molar-refractivity contribution is 14.1. The number of nitrogens with one attached hydrogen (secondary N) is 2. The lowest BCUT2D eigenvalue weighted by Gasteiger charge is -2.36. The molecule has 1 aromatic rings. The minimum atomic E-state index is 0.121. The monoisotopic (exact) mass is 566 g/mol. The molecule has 0 saturated heterocycles. The minimum Gasteiger partial charge on any atom is -0.454 e. The number of fused-ring (bicyclic) bond motifs is 1. The van der Waals surface area contributed by atoms with Gasteiger partial charge in [0.15, 0.2) is 11.5 Å². The second-order valence-electron chi connectivity index (χ2n) is 8.43. The van der Waals surface area contributed by atoms with Crippen LogP contribution in [0.2, 0.25) is 0 Å². The van der Waals surface area contributed by atoms with E-state index in [-0.39, 0.29) is 5.50 Å². The van der Waals surface area contributed by atoms with Gasteiger partial charge in [-0.05, 0) is 79.5 Å². The number of benzene rings is 1. The van der Waals surface area contributed by atoms with E-state index in [0.29, 0.717) is 16.8 Å². The third-order valence-electron chi connectivity index (χ3n) is 5.85. The molecule has 0 bridgehead atoms. The Morgan fingerprint density at radius 3 is 2.75 bits per heavy atom. The number of ether oxygens (including phenoxy) is 2. The summed E-state index contributed by atoms with van der Waals surface area (Å²) in [7, 11) is 0. The number of rotatable bonds is 9. The molecule has 1 aromatic carbocycles. The van der Waals surface area contributed by atoms with Gasteiger partial charge < -0.3 is 14.8 Å². The van der Waals surface area contributed by atoms with Crippen molar-refractivity contribution in [3.8, 4) is 11.5 Å². The van der Waals surface area contributed by atoms with Crippen molar-refractivity contribution in [2.45, 2.75) is 69.3 Å². The molecule has 2 aliphatic heterocycles. The Morgan fingerprint density at radius 2 is 2.03 bits per heavy atom. The van der Waals surface area contributed by atoms with E-state index in [4.69, 9.17) is 9.47 Å². The van der Waals surface area contributed by atoms with Crippen molar-refractivity contribution in [2.24, 2.45) is 0 Å². The highest BCUT2D eigenvalue weighted by atomic mass is 127. The molecule has 2 aliphatic rings. The standard InChI is InChI=1S/C26H35IN2O2S/c1-7-9-21(27)25-19(6)29-26(28-18(5)12-17(4)16(3)8-2)32-24(25)14-20-10-11-22-23(13-20)31-15-30-22/h8,10-13,19,21,26,28-29H,2,7,9,14-15H2,1,3-6H3/b17-16-,18-12+/t19-,21?,26?/m1/s1. The van der Waals surface area contributed by atoms with E-state index in [1.807, 2.05) is 23.9 Å². The van der Waals surface area contributed by atoms with Crippen molar-refractivity contribution >= 4 is 34.4 Å². The van der Waals surface area contributed by atoms with Crippen LogP contribution < -0.4 is 20.1 Å². The van der Waals surface area contributed by atoms with Gasteiger partial charge in [-0.2, -0.15) is 0 Å². The van der Waals surface area contributed by atoms with Gasteiger partial charge >= 0.3 is 0 Å². The van der Waals surface area contributed by atoms with Crippen molar-refractivity contribution in [2.75, 3.05) is 6.79 Å². The van der Waals surface area contributed by atoms with Gasteiger partial charge in [0.25, 0.3) is 0 Å². The van der Waals surface area contributed by atoms with Gasteiger partial charge in [-0.3, -0.25) is 5.32 Å². The van der Waals surface area contributed by atoms with Crippen LogP contribution in [0.3, 0.4) is 0 Å². The van der Waals surface area contributed by atoms with Gasteiger partial charge in [-0.1, -0.05) is 66.4 Å². The molecule has 6 heteroatoms. The fourth-order valence-corrected chi connectivity index (χ4v) is 7.21. The van der Waals surface area contributed by atoms with Crippen LogP contribution in [-0.4, -0.2) is 22.3 Å². The molecule has 32 heavy (non-hydrogen) atoms. The lowest BCUT2D eigenvalue weighted by atomic mass is 9.98. The molecule has 3 atom stereocenters. The first-order valence-corrected chi connectivity index (χ1v) is 13.4. The number of hydrogen-bond donors (Lipinski definition) is 2. The zero-order valence-electron chi connectivity index (χ0n) is 19.8. The average molecular weight is 567 g/mol. The lowest BCUT2D eigenvalue weighted by molar-refractivity contribution is 0.174. The fourth-order valence-electron chi connectivity index (χ4n) is 3.96. The van der Waals surface area contributed by atoms with E-state index < -0.39 is 0 Å². The first kappa shape index (κ1) is 25.2. The SMILES string of the molecule is C=C/C(C)=C(C)\C=C(/C)NC1N[C@H](C)C(C(I)CCC)=C(Cc2ccc3c(c2)OCO3)S1. The maximum absolute atomic E-state index is 5.61. The van der Waals surface area contributed by atoms with Crippen LogP contribution >= 0.6 is 34.4 Å². The van der Waals surface area contributed by atoms with E-state index in [0.717, 1.165) is 23.6 Å². The molecule has 174 valence electrons. The maximum Gasteiger partial charge on any atom is 0.231 e. The Hall–Kier alpha value is -1.38. The number of halogens is 1. The van der Waals surface area contributed by atoms with E-state index >= 15 is 0 Å². The molecule has 2 N–H and O–H groups in total. The van der Waals surface area contributed by atoms with Crippen molar-refractivity contribution in [1.29, 1.82) is 0 Å². The summed E-state index contributed by atoms with van der Waals surface area (Å²) in [5.41, 5.74) is 6.47. The number of alkyl halides is 1. The summed E-state index contributed by atoms with van der Waals surface area (Å²) in [4.78, 5) is 1.45. The smallest absolute Gasteiger partial charge is 0.231 e. The zero-order chi connectivity index (χ0) is 23.3. The summed E-state index contributed by atoms with van der Waals surface area (Å²) in [6.07, 6.45) is 7.38. The summed E-state index contributed by atoms with van der Waals surface area (Å²) in [6, 6.07) is 6.63. The molecule has 0 saturated carbocycles. The Balaban J connectivity index is 1.84. The van der Waals surface area contributed by atoms with Crippen molar-refractivity contribution < 1.29 is 9.47 Å². The maximum atomic E-state index is 5.61. The van der Waals surface area contributed by atoms with Crippen LogP contribution in [0.15, 0.2) is 64.3 Å². The van der Waals surface area contributed by atoms with Crippen LogP contribution in [0.1, 0.15) is 53.0 Å². The molecular formula is C26H35IN2O2S. The zero-order valence-corrected chi connectivity index (χ0v) is 22.7. The quantitative estimate of drug-likeness (QED) is 0.195. The molecule has 4 nitrogen and oxygen atoms in total. The second-order valence-corrected chi connectivity index (χ2v) is 11.1. The summed E-state index contributed by atoms with van der Waals surface area (Å²) in [5.74, 6) is 1.69. The molecule has 0 spiro atoms. The first-order valence-electron chi connectivity index (χ1n) is 11.2. The molecule has 0 fully saturated rings. The minimum absolute atomic E-state index is 0.121. The number of allylic oxidation sites excluding steroid dienone is 6. The molecule has 0 amide bonds. The molecule has 0 radical (unpaired) electrons. The van der Waals surface area contributed by atoms with Gasteiger partial charge in [0.1, 0.15) is 5.50 Å². The van der Waals surface area contributed by atoms with Crippen LogP contribution in [0.5, 0.6) is 11.5 Å². The highest BCUT2D eigenvalue weighted by Gasteiger charge is 2.30. The Bertz CT molecular complexity index is 938. The van der Waals surface area contributed by atoms with Gasteiger partial charge in [0.05, 0.1) is 0 Å². The van der Waals surface area contributed by atoms with Crippen molar-refractivity contribution in [3.05, 3.63) is 69.8 Å². The average Bonchev–Trinajstić information content (AvgIpc) is 3.20. The van der Waals surface area contributed by atoms with E-state index in [9.17, 15) is 0 Å². The predicted molar refractivity (Wildman–Crippen MR) is 145 cm³/mol. The number of hydrogen-bond acceptors (Lipinski definition) is 5. The molecule has 2 unspecified atom stereocenters. The van der Waals surface area contributed by atoms with Crippen molar-refractivity contribution in [1.82, 2.24) is 10.6 Å². The largest absolute Gasteiger partial charge is 0.454 e. The normalized spacial score (nSPS) is 22.5. The third kappa shape index (κ3) is 6.35. The number of thioether (sulfide) groups is 1. The molecule has 0 aromatic heterocycles. The Morgan fingerprint density at radius 1 is 1.28 bits per heavy atom. The highest BCUT2D eigenvalue weighted by Crippen LogP contribution is 2.39. The van der Waals surface area contributed by atoms with Gasteiger partial charge in [-0.15, -0.1) is 0 Å². The summed E-state index contributed by atoms with van der Waals surface area (Å²) >= 11 is 4.52. The lowest BCUT2D eigenvalue weighted by Crippen LogP contribution is -2.48. The summed E-state index contributed by atoms with van der Waals surface area (Å²) in [6.45, 7) is 15.1. The summed E-state index contributed by atoms with van der Waals surface area (Å²) in [5, 5.41) is 7.45. The van der Waals surface area contributed by atoms with Crippen LogP contribution in [0, 0.1) is 0 Å². The van der Waals surface area contributed by atoms with Crippen LogP contribution in [0.4, 0.5) is 0 Å². The Labute approximate surface area is 211 Å².